The Balaban J connectivity index is 2.20. The zero-order valence-corrected chi connectivity index (χ0v) is 10.0. The minimum absolute atomic E-state index is 0.533. The summed E-state index contributed by atoms with van der Waals surface area (Å²) in [4.78, 5) is 5.06. The summed E-state index contributed by atoms with van der Waals surface area (Å²) < 4.78 is 0. The van der Waals surface area contributed by atoms with E-state index in [1.165, 1.54) is 0 Å². The average molecular weight is 235 g/mol. The third-order valence-corrected chi connectivity index (χ3v) is 3.18. The lowest BCUT2D eigenvalue weighted by molar-refractivity contribution is 0.178. The molecule has 16 heavy (non-hydrogen) atoms. The second kappa shape index (κ2) is 4.67. The summed E-state index contributed by atoms with van der Waals surface area (Å²) in [6.07, 6.45) is 1.83. The Kier molecular flexibility index (Phi) is 3.26. The Morgan fingerprint density at radius 1 is 1.38 bits per heavy atom. The zero-order chi connectivity index (χ0) is 11.5. The van der Waals surface area contributed by atoms with Gasteiger partial charge in [0.25, 0.3) is 0 Å². The molecule has 0 aromatic carbocycles. The third-order valence-electron chi connectivity index (χ3n) is 2.38. The predicted molar refractivity (Wildman–Crippen MR) is 62.3 cm³/mol. The van der Waals surface area contributed by atoms with Gasteiger partial charge in [-0.15, -0.1) is 11.3 Å². The summed E-state index contributed by atoms with van der Waals surface area (Å²) in [5.74, 6) is 0. The molecule has 2 heterocycles. The van der Waals surface area contributed by atoms with E-state index in [9.17, 15) is 5.11 Å². The fourth-order valence-corrected chi connectivity index (χ4v) is 2.18. The molecule has 2 aromatic heterocycles. The van der Waals surface area contributed by atoms with Crippen LogP contribution >= 0.6 is 11.3 Å². The first-order valence-electron chi connectivity index (χ1n) is 5.03. The fourth-order valence-electron chi connectivity index (χ4n) is 1.55. The van der Waals surface area contributed by atoms with Crippen LogP contribution < -0.4 is 0 Å². The molecule has 0 fully saturated rings. The van der Waals surface area contributed by atoms with Crippen molar-refractivity contribution in [1.29, 1.82) is 0 Å². The van der Waals surface area contributed by atoms with Crippen molar-refractivity contribution in [3.8, 4) is 0 Å². The minimum Gasteiger partial charge on any atom is -0.388 e. The van der Waals surface area contributed by atoms with Crippen LogP contribution in [-0.4, -0.2) is 20.3 Å². The van der Waals surface area contributed by atoms with Crippen LogP contribution in [0.2, 0.25) is 0 Å². The van der Waals surface area contributed by atoms with Gasteiger partial charge in [-0.1, -0.05) is 0 Å². The Morgan fingerprint density at radius 3 is 2.88 bits per heavy atom. The number of hydrogen-bond acceptors (Lipinski definition) is 5. The van der Waals surface area contributed by atoms with Crippen LogP contribution in [0.15, 0.2) is 17.8 Å². The fraction of sp³-hybridized carbons (Fsp3) is 0.364. The molecule has 4 nitrogen and oxygen atoms in total. The van der Waals surface area contributed by atoms with Crippen molar-refractivity contribution in [2.24, 2.45) is 0 Å². The molecule has 1 atom stereocenters. The Bertz CT molecular complexity index is 470. The van der Waals surface area contributed by atoms with Gasteiger partial charge in [0.2, 0.25) is 0 Å². The van der Waals surface area contributed by atoms with E-state index in [-0.39, 0.29) is 0 Å². The van der Waals surface area contributed by atoms with E-state index in [1.807, 2.05) is 19.9 Å². The van der Waals surface area contributed by atoms with E-state index >= 15 is 0 Å². The average Bonchev–Trinajstić information content (AvgIpc) is 2.74. The van der Waals surface area contributed by atoms with Crippen LogP contribution in [0.25, 0.3) is 0 Å². The molecule has 2 aromatic rings. The van der Waals surface area contributed by atoms with Gasteiger partial charge in [-0.3, -0.25) is 4.98 Å². The number of aliphatic hydroxyl groups excluding tert-OH is 1. The Morgan fingerprint density at radius 2 is 2.19 bits per heavy atom. The lowest BCUT2D eigenvalue weighted by atomic mass is 10.0. The first-order valence-corrected chi connectivity index (χ1v) is 5.91. The highest BCUT2D eigenvalue weighted by atomic mass is 32.1. The molecular formula is C11H13N3OS. The van der Waals surface area contributed by atoms with Crippen LogP contribution in [0.1, 0.15) is 27.9 Å². The van der Waals surface area contributed by atoms with E-state index in [0.717, 1.165) is 21.8 Å². The molecule has 2 rings (SSSR count). The van der Waals surface area contributed by atoms with E-state index < -0.39 is 6.10 Å². The summed E-state index contributed by atoms with van der Waals surface area (Å²) in [6, 6.07) is 1.88. The number of thiazole rings is 1. The maximum absolute atomic E-state index is 10.1. The largest absolute Gasteiger partial charge is 0.388 e. The number of aliphatic hydroxyl groups is 1. The smallest absolute Gasteiger partial charge is 0.0857 e. The Hall–Kier alpha value is -1.33. The maximum Gasteiger partial charge on any atom is 0.0857 e. The summed E-state index contributed by atoms with van der Waals surface area (Å²) in [5, 5.41) is 18.1. The predicted octanol–water partition coefficient (Wildman–Crippen LogP) is 1.83. The minimum atomic E-state index is -0.533. The van der Waals surface area contributed by atoms with Crippen molar-refractivity contribution >= 4 is 11.3 Å². The first-order chi connectivity index (χ1) is 7.66. The maximum atomic E-state index is 10.1. The van der Waals surface area contributed by atoms with E-state index in [2.05, 4.69) is 15.2 Å². The summed E-state index contributed by atoms with van der Waals surface area (Å²) in [5.41, 5.74) is 4.22. The van der Waals surface area contributed by atoms with Crippen molar-refractivity contribution in [3.05, 3.63) is 39.6 Å². The van der Waals surface area contributed by atoms with Gasteiger partial charge >= 0.3 is 0 Å². The summed E-state index contributed by atoms with van der Waals surface area (Å²) >= 11 is 1.55. The molecule has 84 valence electrons. The number of aryl methyl sites for hydroxylation is 2. The summed E-state index contributed by atoms with van der Waals surface area (Å²) in [6.45, 7) is 3.73. The molecule has 1 N–H and O–H groups in total. The first kappa shape index (κ1) is 11.2. The summed E-state index contributed by atoms with van der Waals surface area (Å²) in [7, 11) is 0. The molecule has 0 amide bonds. The van der Waals surface area contributed by atoms with E-state index in [4.69, 9.17) is 0 Å². The molecule has 0 aliphatic carbocycles. The number of rotatable bonds is 3. The third kappa shape index (κ3) is 2.43. The highest BCUT2D eigenvalue weighted by Gasteiger charge is 2.13. The van der Waals surface area contributed by atoms with Gasteiger partial charge in [0, 0.05) is 23.1 Å². The monoisotopic (exact) mass is 235 g/mol. The molecule has 0 spiro atoms. The van der Waals surface area contributed by atoms with Gasteiger partial charge in [0.15, 0.2) is 0 Å². The highest BCUT2D eigenvalue weighted by molar-refractivity contribution is 7.09. The lowest BCUT2D eigenvalue weighted by Gasteiger charge is -2.11. The zero-order valence-electron chi connectivity index (χ0n) is 9.21. The molecular weight excluding hydrogens is 222 g/mol. The van der Waals surface area contributed by atoms with Crippen molar-refractivity contribution in [2.45, 2.75) is 26.4 Å². The van der Waals surface area contributed by atoms with E-state index in [1.54, 1.807) is 23.0 Å². The van der Waals surface area contributed by atoms with Crippen molar-refractivity contribution < 1.29 is 5.11 Å². The SMILES string of the molecule is Cc1cc(C(O)Cc2cncs2)c(C)nn1. The van der Waals surface area contributed by atoms with Gasteiger partial charge in [0.05, 0.1) is 23.0 Å². The standard InChI is InChI=1S/C11H13N3OS/c1-7-3-10(8(2)14-13-7)11(15)4-9-5-12-6-16-9/h3,5-6,11,15H,4H2,1-2H3. The molecule has 0 aliphatic rings. The van der Waals surface area contributed by atoms with Gasteiger partial charge in [-0.25, -0.2) is 0 Å². The molecule has 1 unspecified atom stereocenters. The van der Waals surface area contributed by atoms with Crippen LogP contribution in [0.5, 0.6) is 0 Å². The van der Waals surface area contributed by atoms with Crippen molar-refractivity contribution in [2.75, 3.05) is 0 Å². The van der Waals surface area contributed by atoms with E-state index in [0.29, 0.717) is 6.42 Å². The number of hydrogen-bond donors (Lipinski definition) is 1. The van der Waals surface area contributed by atoms with Crippen molar-refractivity contribution in [1.82, 2.24) is 15.2 Å². The van der Waals surface area contributed by atoms with Gasteiger partial charge < -0.3 is 5.11 Å². The van der Waals surface area contributed by atoms with Crippen LogP contribution in [0, 0.1) is 13.8 Å². The molecule has 0 saturated heterocycles. The lowest BCUT2D eigenvalue weighted by Crippen LogP contribution is -2.06. The molecule has 5 heteroatoms. The second-order valence-electron chi connectivity index (χ2n) is 3.71. The quantitative estimate of drug-likeness (QED) is 0.881. The van der Waals surface area contributed by atoms with Crippen molar-refractivity contribution in [3.63, 3.8) is 0 Å². The number of aromatic nitrogens is 3. The van der Waals surface area contributed by atoms with Gasteiger partial charge in [-0.05, 0) is 19.9 Å². The van der Waals surface area contributed by atoms with Gasteiger partial charge in [-0.2, -0.15) is 10.2 Å². The molecule has 0 aliphatic heterocycles. The second-order valence-corrected chi connectivity index (χ2v) is 4.69. The Labute approximate surface area is 98.0 Å². The normalized spacial score (nSPS) is 12.7. The van der Waals surface area contributed by atoms with Crippen LogP contribution in [0.4, 0.5) is 0 Å². The molecule has 0 saturated carbocycles. The van der Waals surface area contributed by atoms with Crippen LogP contribution in [-0.2, 0) is 6.42 Å². The number of nitrogens with zero attached hydrogens (tertiary/aromatic N) is 3. The molecule has 0 radical (unpaired) electrons. The van der Waals surface area contributed by atoms with Gasteiger partial charge in [0.1, 0.15) is 0 Å². The molecule has 0 bridgehead atoms. The highest BCUT2D eigenvalue weighted by Crippen LogP contribution is 2.22. The van der Waals surface area contributed by atoms with Crippen LogP contribution in [0.3, 0.4) is 0 Å². The topological polar surface area (TPSA) is 58.9 Å².